The van der Waals surface area contributed by atoms with E-state index in [-0.39, 0.29) is 28.4 Å². The van der Waals surface area contributed by atoms with Gasteiger partial charge in [0.1, 0.15) is 4.90 Å². The molecule has 10 heteroatoms. The number of nitrogens with zero attached hydrogens (tertiary/aromatic N) is 2. The number of primary sulfonamides is 1. The molecule has 3 fully saturated rings. The SMILES string of the molecule is Cl.NS(=O)(=O)c1cc(C2(O)CSC(=NC3CC3)N2C2CC2)ccc1Cl. The van der Waals surface area contributed by atoms with E-state index in [0.29, 0.717) is 17.4 Å². The molecule has 0 amide bonds. The Morgan fingerprint density at radius 2 is 2.00 bits per heavy atom. The number of sulfonamides is 1. The number of thioether (sulfide) groups is 1. The molecule has 25 heavy (non-hydrogen) atoms. The highest BCUT2D eigenvalue weighted by Gasteiger charge is 2.51. The minimum Gasteiger partial charge on any atom is -0.366 e. The van der Waals surface area contributed by atoms with Gasteiger partial charge in [-0.3, -0.25) is 4.99 Å². The minimum absolute atomic E-state index is 0. The zero-order valence-corrected chi connectivity index (χ0v) is 16.5. The molecule has 3 N–H and O–H groups in total. The Balaban J connectivity index is 0.00000182. The quantitative estimate of drug-likeness (QED) is 0.773. The number of benzene rings is 1. The number of rotatable bonds is 4. The molecule has 0 spiro atoms. The summed E-state index contributed by atoms with van der Waals surface area (Å²) in [6, 6.07) is 5.12. The maximum absolute atomic E-state index is 11.7. The van der Waals surface area contributed by atoms with E-state index >= 15 is 0 Å². The van der Waals surface area contributed by atoms with E-state index in [1.807, 2.05) is 4.90 Å². The molecule has 1 aromatic carbocycles. The van der Waals surface area contributed by atoms with Crippen molar-refractivity contribution in [1.29, 1.82) is 0 Å². The summed E-state index contributed by atoms with van der Waals surface area (Å²) in [5.41, 5.74) is -0.805. The fourth-order valence-corrected chi connectivity index (χ4v) is 5.28. The Morgan fingerprint density at radius 3 is 2.56 bits per heavy atom. The van der Waals surface area contributed by atoms with Crippen LogP contribution in [0.4, 0.5) is 0 Å². The molecule has 1 atom stereocenters. The van der Waals surface area contributed by atoms with Crippen LogP contribution in [0.5, 0.6) is 0 Å². The Morgan fingerprint density at radius 1 is 1.32 bits per heavy atom. The van der Waals surface area contributed by atoms with Crippen LogP contribution in [-0.4, -0.2) is 41.4 Å². The minimum atomic E-state index is -3.96. The number of aliphatic hydroxyl groups is 1. The number of amidine groups is 1. The Kier molecular flexibility index (Phi) is 5.07. The van der Waals surface area contributed by atoms with Crippen LogP contribution in [0, 0.1) is 0 Å². The van der Waals surface area contributed by atoms with Gasteiger partial charge in [0.25, 0.3) is 0 Å². The number of hydrogen-bond acceptors (Lipinski definition) is 5. The van der Waals surface area contributed by atoms with E-state index in [4.69, 9.17) is 21.7 Å². The first kappa shape index (κ1) is 19.3. The van der Waals surface area contributed by atoms with Crippen molar-refractivity contribution in [1.82, 2.24) is 4.90 Å². The van der Waals surface area contributed by atoms with Gasteiger partial charge in [0, 0.05) is 11.6 Å². The highest BCUT2D eigenvalue weighted by Crippen LogP contribution is 2.47. The van der Waals surface area contributed by atoms with Gasteiger partial charge in [-0.1, -0.05) is 29.4 Å². The summed E-state index contributed by atoms with van der Waals surface area (Å²) in [5.74, 6) is 0.404. The van der Waals surface area contributed by atoms with Gasteiger partial charge < -0.3 is 10.0 Å². The predicted molar refractivity (Wildman–Crippen MR) is 102 cm³/mol. The summed E-state index contributed by atoms with van der Waals surface area (Å²) in [4.78, 5) is 6.50. The largest absolute Gasteiger partial charge is 0.366 e. The van der Waals surface area contributed by atoms with Crippen molar-refractivity contribution >= 4 is 51.0 Å². The van der Waals surface area contributed by atoms with Crippen LogP contribution in [0.3, 0.4) is 0 Å². The molecule has 6 nitrogen and oxygen atoms in total. The molecule has 0 aromatic heterocycles. The standard InChI is InChI=1S/C15H18ClN3O3S2.ClH/c16-12-6-1-9(7-13(12)24(17,21)22)15(20)8-23-14(18-10-2-3-10)19(15)11-4-5-11;/h1,6-7,10-11,20H,2-5,8H2,(H2,17,21,22);1H. The summed E-state index contributed by atoms with van der Waals surface area (Å²) >= 11 is 7.49. The topological polar surface area (TPSA) is 96.0 Å². The molecule has 1 aliphatic heterocycles. The summed E-state index contributed by atoms with van der Waals surface area (Å²) in [7, 11) is -3.96. The van der Waals surface area contributed by atoms with Gasteiger partial charge in [-0.2, -0.15) is 0 Å². The fraction of sp³-hybridized carbons (Fsp3) is 0.533. The van der Waals surface area contributed by atoms with Crippen LogP contribution >= 0.6 is 35.8 Å². The van der Waals surface area contributed by atoms with Crippen LogP contribution in [0.25, 0.3) is 0 Å². The van der Waals surface area contributed by atoms with Crippen molar-refractivity contribution in [2.75, 3.05) is 5.75 Å². The third-order valence-corrected chi connectivity index (χ3v) is 6.96. The molecule has 0 bridgehead atoms. The van der Waals surface area contributed by atoms with E-state index in [1.54, 1.807) is 6.07 Å². The smallest absolute Gasteiger partial charge is 0.239 e. The summed E-state index contributed by atoms with van der Waals surface area (Å²) in [5, 5.41) is 17.5. The number of halogens is 2. The second kappa shape index (κ2) is 6.58. The molecule has 4 rings (SSSR count). The zero-order chi connectivity index (χ0) is 17.1. The van der Waals surface area contributed by atoms with Gasteiger partial charge in [0.05, 0.1) is 16.8 Å². The van der Waals surface area contributed by atoms with Crippen LogP contribution in [0.15, 0.2) is 28.1 Å². The maximum atomic E-state index is 11.7. The lowest BCUT2D eigenvalue weighted by Gasteiger charge is -2.35. The summed E-state index contributed by atoms with van der Waals surface area (Å²) in [6.45, 7) is 0. The third kappa shape index (κ3) is 3.65. The Hall–Kier alpha value is -0.510. The predicted octanol–water partition coefficient (Wildman–Crippen LogP) is 2.28. The molecule has 2 saturated carbocycles. The van der Waals surface area contributed by atoms with E-state index in [1.165, 1.54) is 23.9 Å². The summed E-state index contributed by atoms with van der Waals surface area (Å²) in [6.07, 6.45) is 4.19. The van der Waals surface area contributed by atoms with Crippen LogP contribution in [0.2, 0.25) is 5.02 Å². The molecule has 0 radical (unpaired) electrons. The van der Waals surface area contributed by atoms with Gasteiger partial charge in [-0.25, -0.2) is 13.6 Å². The first-order chi connectivity index (χ1) is 11.3. The number of nitrogens with two attached hydrogens (primary N) is 1. The van der Waals surface area contributed by atoms with E-state index < -0.39 is 15.7 Å². The van der Waals surface area contributed by atoms with Crippen LogP contribution < -0.4 is 5.14 Å². The van der Waals surface area contributed by atoms with Crippen molar-refractivity contribution in [2.45, 2.75) is 48.4 Å². The molecule has 2 aliphatic carbocycles. The summed E-state index contributed by atoms with van der Waals surface area (Å²) < 4.78 is 23.5. The lowest BCUT2D eigenvalue weighted by molar-refractivity contribution is -0.0523. The maximum Gasteiger partial charge on any atom is 0.239 e. The highest BCUT2D eigenvalue weighted by molar-refractivity contribution is 8.14. The molecular weight excluding hydrogens is 405 g/mol. The molecular formula is C15H19Cl2N3O3S2. The highest BCUT2D eigenvalue weighted by atomic mass is 35.5. The van der Waals surface area contributed by atoms with Crippen molar-refractivity contribution in [3.8, 4) is 0 Å². The Labute approximate surface area is 162 Å². The lowest BCUT2D eigenvalue weighted by Crippen LogP contribution is -2.46. The monoisotopic (exact) mass is 423 g/mol. The van der Waals surface area contributed by atoms with Gasteiger partial charge in [-0.05, 0) is 37.8 Å². The number of hydrogen-bond donors (Lipinski definition) is 2. The molecule has 1 aromatic rings. The Bertz CT molecular complexity index is 825. The first-order valence-electron chi connectivity index (χ1n) is 7.84. The van der Waals surface area contributed by atoms with Gasteiger partial charge in [0.15, 0.2) is 10.9 Å². The molecule has 1 heterocycles. The van der Waals surface area contributed by atoms with Crippen molar-refractivity contribution in [2.24, 2.45) is 10.1 Å². The van der Waals surface area contributed by atoms with E-state index in [0.717, 1.165) is 30.9 Å². The van der Waals surface area contributed by atoms with Crippen LogP contribution in [-0.2, 0) is 15.7 Å². The van der Waals surface area contributed by atoms with E-state index in [2.05, 4.69) is 0 Å². The first-order valence-corrected chi connectivity index (χ1v) is 10.8. The van der Waals surface area contributed by atoms with E-state index in [9.17, 15) is 13.5 Å². The van der Waals surface area contributed by atoms with Gasteiger partial charge >= 0.3 is 0 Å². The van der Waals surface area contributed by atoms with Crippen molar-refractivity contribution < 1.29 is 13.5 Å². The average molecular weight is 424 g/mol. The molecule has 1 unspecified atom stereocenters. The van der Waals surface area contributed by atoms with Crippen molar-refractivity contribution in [3.63, 3.8) is 0 Å². The fourth-order valence-electron chi connectivity index (χ4n) is 2.91. The van der Waals surface area contributed by atoms with Gasteiger partial charge in [0.2, 0.25) is 10.0 Å². The van der Waals surface area contributed by atoms with Gasteiger partial charge in [-0.15, -0.1) is 12.4 Å². The second-order valence-electron chi connectivity index (χ2n) is 6.54. The normalized spacial score (nSPS) is 28.3. The second-order valence-corrected chi connectivity index (χ2v) is 9.42. The molecule has 3 aliphatic rings. The molecule has 1 saturated heterocycles. The zero-order valence-electron chi connectivity index (χ0n) is 13.3. The molecule has 138 valence electrons. The third-order valence-electron chi connectivity index (χ3n) is 4.46. The van der Waals surface area contributed by atoms with Crippen molar-refractivity contribution in [3.05, 3.63) is 28.8 Å². The average Bonchev–Trinajstić information content (AvgIpc) is 3.40. The lowest BCUT2D eigenvalue weighted by atomic mass is 10.0. The van der Waals surface area contributed by atoms with Crippen LogP contribution in [0.1, 0.15) is 31.2 Å². The number of aliphatic imine (C=N–C) groups is 1.